The highest BCUT2D eigenvalue weighted by Gasteiger charge is 2.28. The van der Waals surface area contributed by atoms with Crippen molar-refractivity contribution in [1.82, 2.24) is 29.9 Å². The lowest BCUT2D eigenvalue weighted by Crippen LogP contribution is -2.42. The molecule has 0 aliphatic rings. The molecular formula is C20H21F3N6O2. The van der Waals surface area contributed by atoms with Crippen LogP contribution in [0.3, 0.4) is 0 Å². The summed E-state index contributed by atoms with van der Waals surface area (Å²) in [6.45, 7) is 4.54. The van der Waals surface area contributed by atoms with Gasteiger partial charge in [-0.15, -0.1) is 4.80 Å². The minimum Gasteiger partial charge on any atom is -0.475 e. The average molecular weight is 434 g/mol. The second kappa shape index (κ2) is 9.11. The number of ether oxygens (including phenoxy) is 1. The van der Waals surface area contributed by atoms with Crippen molar-refractivity contribution < 1.29 is 22.7 Å². The number of pyridine rings is 2. The van der Waals surface area contributed by atoms with Crippen molar-refractivity contribution in [1.29, 1.82) is 0 Å². The van der Waals surface area contributed by atoms with Crippen LogP contribution in [0.1, 0.15) is 36.7 Å². The molecule has 3 aromatic rings. The maximum Gasteiger partial charge on any atom is 0.272 e. The number of hydrogen-bond acceptors (Lipinski definition) is 6. The number of likely N-dealkylation sites (N-methyl/N-ethyl adjacent to an activating group) is 1. The molecule has 3 rings (SSSR count). The first-order chi connectivity index (χ1) is 14.7. The predicted octanol–water partition coefficient (Wildman–Crippen LogP) is 3.24. The molecule has 164 valence electrons. The molecule has 3 heterocycles. The van der Waals surface area contributed by atoms with Crippen LogP contribution < -0.4 is 4.74 Å². The van der Waals surface area contributed by atoms with Gasteiger partial charge < -0.3 is 9.64 Å². The third-order valence-corrected chi connectivity index (χ3v) is 4.58. The van der Waals surface area contributed by atoms with Gasteiger partial charge in [0.2, 0.25) is 5.88 Å². The Hall–Kier alpha value is -3.50. The smallest absolute Gasteiger partial charge is 0.272 e. The van der Waals surface area contributed by atoms with Crippen LogP contribution in [0.15, 0.2) is 43.1 Å². The van der Waals surface area contributed by atoms with Crippen molar-refractivity contribution in [2.75, 3.05) is 13.2 Å². The molecule has 0 aliphatic carbocycles. The summed E-state index contributed by atoms with van der Waals surface area (Å²) in [4.78, 5) is 23.3. The molecule has 0 bridgehead atoms. The number of rotatable bonds is 8. The topological polar surface area (TPSA) is 86.0 Å². The van der Waals surface area contributed by atoms with E-state index in [0.29, 0.717) is 0 Å². The lowest BCUT2D eigenvalue weighted by Gasteiger charge is -2.28. The third-order valence-electron chi connectivity index (χ3n) is 4.58. The number of hydrogen-bond donors (Lipinski definition) is 0. The fourth-order valence-corrected chi connectivity index (χ4v) is 2.95. The van der Waals surface area contributed by atoms with E-state index in [0.717, 1.165) is 24.1 Å². The van der Waals surface area contributed by atoms with Gasteiger partial charge in [0.25, 0.3) is 11.8 Å². The van der Waals surface area contributed by atoms with Gasteiger partial charge in [-0.25, -0.2) is 18.2 Å². The zero-order valence-corrected chi connectivity index (χ0v) is 17.2. The summed E-state index contributed by atoms with van der Waals surface area (Å²) in [6.07, 6.45) is 6.10. The fourth-order valence-electron chi connectivity index (χ4n) is 2.95. The Morgan fingerprint density at radius 3 is 2.52 bits per heavy atom. The molecule has 0 N–H and O–H groups in total. The first kappa shape index (κ1) is 22.2. The minimum atomic E-state index is -3.00. The van der Waals surface area contributed by atoms with E-state index < -0.39 is 23.7 Å². The van der Waals surface area contributed by atoms with Crippen molar-refractivity contribution in [3.63, 3.8) is 0 Å². The second-order valence-electron chi connectivity index (χ2n) is 6.86. The minimum absolute atomic E-state index is 0.0243. The molecule has 8 nitrogen and oxygen atoms in total. The molecule has 0 radical (unpaired) electrons. The summed E-state index contributed by atoms with van der Waals surface area (Å²) in [6, 6.07) is 2.09. The number of alkyl halides is 2. The molecule has 0 saturated heterocycles. The van der Waals surface area contributed by atoms with Crippen molar-refractivity contribution in [2.24, 2.45) is 0 Å². The Kier molecular flexibility index (Phi) is 6.52. The first-order valence-electron chi connectivity index (χ1n) is 9.50. The molecule has 0 spiro atoms. The first-order valence-corrected chi connectivity index (χ1v) is 9.50. The number of carbonyl (C=O) groups excluding carboxylic acids is 1. The van der Waals surface area contributed by atoms with Crippen molar-refractivity contribution in [3.8, 4) is 11.6 Å². The normalized spacial score (nSPS) is 12.5. The quantitative estimate of drug-likeness (QED) is 0.541. The van der Waals surface area contributed by atoms with E-state index in [4.69, 9.17) is 4.74 Å². The van der Waals surface area contributed by atoms with Gasteiger partial charge in [0.1, 0.15) is 17.9 Å². The van der Waals surface area contributed by atoms with Crippen LogP contribution in [0.4, 0.5) is 13.2 Å². The predicted molar refractivity (Wildman–Crippen MR) is 105 cm³/mol. The largest absolute Gasteiger partial charge is 0.475 e. The summed E-state index contributed by atoms with van der Waals surface area (Å²) in [5, 5.41) is 7.89. The lowest BCUT2D eigenvalue weighted by molar-refractivity contribution is 0.0169. The van der Waals surface area contributed by atoms with Gasteiger partial charge in [-0.1, -0.05) is 0 Å². The summed E-state index contributed by atoms with van der Waals surface area (Å²) < 4.78 is 46.7. The Labute approximate surface area is 176 Å². The SMILES string of the molecule is CCN(C(=O)c1c(F)cncc1-n1nccn1)[C@@H](C)COc1ccc(C(C)(F)F)cn1. The zero-order chi connectivity index (χ0) is 22.6. The van der Waals surface area contributed by atoms with Crippen molar-refractivity contribution in [2.45, 2.75) is 32.7 Å². The molecule has 0 saturated carbocycles. The van der Waals surface area contributed by atoms with E-state index in [2.05, 4.69) is 20.2 Å². The molecule has 0 aromatic carbocycles. The second-order valence-corrected chi connectivity index (χ2v) is 6.86. The number of aromatic nitrogens is 5. The van der Waals surface area contributed by atoms with Crippen LogP contribution in [0, 0.1) is 5.82 Å². The van der Waals surface area contributed by atoms with Gasteiger partial charge >= 0.3 is 0 Å². The molecule has 1 atom stereocenters. The monoisotopic (exact) mass is 434 g/mol. The summed E-state index contributed by atoms with van der Waals surface area (Å²) >= 11 is 0. The Morgan fingerprint density at radius 1 is 1.23 bits per heavy atom. The van der Waals surface area contributed by atoms with Crippen molar-refractivity contribution in [3.05, 3.63) is 60.1 Å². The molecular weight excluding hydrogens is 413 g/mol. The van der Waals surface area contributed by atoms with E-state index in [1.807, 2.05) is 0 Å². The van der Waals surface area contributed by atoms with Gasteiger partial charge in [-0.2, -0.15) is 10.2 Å². The van der Waals surface area contributed by atoms with Gasteiger partial charge in [0.05, 0.1) is 30.8 Å². The Balaban J connectivity index is 1.76. The number of carbonyl (C=O) groups is 1. The van der Waals surface area contributed by atoms with Gasteiger partial charge in [0.15, 0.2) is 5.82 Å². The van der Waals surface area contributed by atoms with Gasteiger partial charge in [-0.3, -0.25) is 9.78 Å². The molecule has 1 amide bonds. The van der Waals surface area contributed by atoms with Crippen LogP contribution in [-0.4, -0.2) is 55.0 Å². The Morgan fingerprint density at radius 2 is 1.94 bits per heavy atom. The highest BCUT2D eigenvalue weighted by molar-refractivity contribution is 5.98. The maximum atomic E-state index is 14.6. The number of amides is 1. The average Bonchev–Trinajstić information content (AvgIpc) is 3.27. The van der Waals surface area contributed by atoms with Crippen LogP contribution in [0.2, 0.25) is 0 Å². The molecule has 11 heteroatoms. The van der Waals surface area contributed by atoms with E-state index in [9.17, 15) is 18.0 Å². The standard InChI is InChI=1S/C20H21F3N6O2/c1-4-28(13(2)12-31-17-6-5-14(9-25-17)20(3,22)23)19(30)18-15(21)10-24-11-16(18)29-26-7-8-27-29/h5-11,13H,4,12H2,1-3H3/t13-/m0/s1. The van der Waals surface area contributed by atoms with Crippen LogP contribution in [0.25, 0.3) is 5.69 Å². The molecule has 0 fully saturated rings. The zero-order valence-electron chi connectivity index (χ0n) is 17.2. The number of nitrogens with zero attached hydrogens (tertiary/aromatic N) is 6. The third kappa shape index (κ3) is 4.98. The molecule has 0 aliphatic heterocycles. The van der Waals surface area contributed by atoms with Crippen molar-refractivity contribution >= 4 is 5.91 Å². The van der Waals surface area contributed by atoms with E-state index in [1.165, 1.54) is 35.6 Å². The fraction of sp³-hybridized carbons (Fsp3) is 0.350. The van der Waals surface area contributed by atoms with Crippen LogP contribution in [-0.2, 0) is 5.92 Å². The van der Waals surface area contributed by atoms with Crippen LogP contribution >= 0.6 is 0 Å². The highest BCUT2D eigenvalue weighted by Crippen LogP contribution is 2.27. The van der Waals surface area contributed by atoms with Crippen LogP contribution in [0.5, 0.6) is 5.88 Å². The Bertz CT molecular complexity index is 1020. The maximum absolute atomic E-state index is 14.6. The van der Waals surface area contributed by atoms with E-state index in [-0.39, 0.29) is 35.8 Å². The molecule has 0 unspecified atom stereocenters. The highest BCUT2D eigenvalue weighted by atomic mass is 19.3. The van der Waals surface area contributed by atoms with Gasteiger partial charge in [-0.05, 0) is 19.9 Å². The summed E-state index contributed by atoms with van der Waals surface area (Å²) in [5.41, 5.74) is -0.335. The van der Waals surface area contributed by atoms with E-state index >= 15 is 0 Å². The number of halogens is 3. The molecule has 31 heavy (non-hydrogen) atoms. The summed E-state index contributed by atoms with van der Waals surface area (Å²) in [5.74, 6) is -4.25. The lowest BCUT2D eigenvalue weighted by atomic mass is 10.1. The molecule has 3 aromatic heterocycles. The van der Waals surface area contributed by atoms with Gasteiger partial charge in [0, 0.05) is 31.3 Å². The van der Waals surface area contributed by atoms with E-state index in [1.54, 1.807) is 13.8 Å². The summed E-state index contributed by atoms with van der Waals surface area (Å²) in [7, 11) is 0.